The number of nitro groups is 1. The molecule has 6 heteroatoms. The average molecular weight is 295 g/mol. The molecule has 0 aliphatic heterocycles. The quantitative estimate of drug-likeness (QED) is 0.370. The molecule has 5 nitrogen and oxygen atoms in total. The van der Waals surface area contributed by atoms with Crippen LogP contribution in [0.5, 0.6) is 0 Å². The summed E-state index contributed by atoms with van der Waals surface area (Å²) in [5, 5.41) is 22.0. The van der Waals surface area contributed by atoms with Crippen molar-refractivity contribution in [2.75, 3.05) is 0 Å². The fourth-order valence-electron chi connectivity index (χ4n) is 1.48. The van der Waals surface area contributed by atoms with E-state index in [1.165, 1.54) is 12.3 Å². The number of nitrogens with zero attached hydrogens (tertiary/aromatic N) is 2. The molecule has 1 heterocycles. The molecule has 0 bridgehead atoms. The Bertz CT molecular complexity index is 569. The highest BCUT2D eigenvalue weighted by Gasteiger charge is 2.18. The molecule has 0 amide bonds. The fraction of sp³-hybridized carbons (Fsp3) is 0. The highest BCUT2D eigenvalue weighted by atomic mass is 79.9. The molecule has 2 rings (SSSR count). The predicted octanol–water partition coefficient (Wildman–Crippen LogP) is 2.66. The molecule has 0 radical (unpaired) electrons. The number of aromatic nitrogens is 1. The van der Waals surface area contributed by atoms with Crippen LogP contribution in [0.15, 0.2) is 47.2 Å². The molecular weight excluding hydrogens is 288 g/mol. The maximum Gasteiger partial charge on any atom is 0.289 e. The third kappa shape index (κ3) is 2.42. The summed E-state index contributed by atoms with van der Waals surface area (Å²) in [6.07, 6.45) is 2.31. The lowest BCUT2D eigenvalue weighted by molar-refractivity contribution is -0.605. The molecule has 0 unspecified atom stereocenters. The van der Waals surface area contributed by atoms with E-state index in [1.807, 2.05) is 0 Å². The summed E-state index contributed by atoms with van der Waals surface area (Å²) in [5.41, 5.74) is 0.851. The molecule has 0 atom stereocenters. The number of benzene rings is 1. The van der Waals surface area contributed by atoms with Crippen LogP contribution in [-0.4, -0.2) is 4.92 Å². The number of rotatable bonds is 2. The minimum atomic E-state index is -0.503. The van der Waals surface area contributed by atoms with E-state index in [9.17, 15) is 15.3 Å². The van der Waals surface area contributed by atoms with Crippen LogP contribution in [-0.2, 0) is 0 Å². The maximum atomic E-state index is 11.2. The van der Waals surface area contributed by atoms with Crippen LogP contribution in [0.3, 0.4) is 0 Å². The first-order valence-corrected chi connectivity index (χ1v) is 5.50. The molecule has 1 aromatic heterocycles. The molecule has 0 aliphatic carbocycles. The Kier molecular flexibility index (Phi) is 3.06. The Balaban J connectivity index is 2.60. The lowest BCUT2D eigenvalue weighted by Gasteiger charge is -2.03. The molecular formula is C11H7BrN2O3. The van der Waals surface area contributed by atoms with Gasteiger partial charge >= 0.3 is 0 Å². The van der Waals surface area contributed by atoms with Gasteiger partial charge in [0, 0.05) is 4.47 Å². The van der Waals surface area contributed by atoms with Crippen LogP contribution >= 0.6 is 15.9 Å². The number of hydrogen-bond acceptors (Lipinski definition) is 3. The van der Waals surface area contributed by atoms with E-state index >= 15 is 0 Å². The van der Waals surface area contributed by atoms with E-state index in [0.717, 1.165) is 10.7 Å². The van der Waals surface area contributed by atoms with Crippen molar-refractivity contribution in [1.29, 1.82) is 0 Å². The predicted molar refractivity (Wildman–Crippen MR) is 65.2 cm³/mol. The van der Waals surface area contributed by atoms with Crippen molar-refractivity contribution < 1.29 is 9.65 Å². The number of hydrogen-bond donors (Lipinski definition) is 0. The first-order chi connectivity index (χ1) is 8.08. The van der Waals surface area contributed by atoms with Gasteiger partial charge in [0.2, 0.25) is 0 Å². The summed E-state index contributed by atoms with van der Waals surface area (Å²) in [4.78, 5) is 10.4. The van der Waals surface area contributed by atoms with E-state index < -0.39 is 4.92 Å². The van der Waals surface area contributed by atoms with Crippen molar-refractivity contribution in [3.8, 4) is 11.1 Å². The van der Waals surface area contributed by atoms with Crippen LogP contribution in [0, 0.1) is 15.3 Å². The smallest absolute Gasteiger partial charge is 0.289 e. The van der Waals surface area contributed by atoms with E-state index in [1.54, 1.807) is 24.3 Å². The Labute approximate surface area is 105 Å². The first kappa shape index (κ1) is 11.5. The zero-order chi connectivity index (χ0) is 12.4. The molecule has 0 fully saturated rings. The average Bonchev–Trinajstić information content (AvgIpc) is 2.29. The number of pyridine rings is 1. The Morgan fingerprint density at radius 3 is 2.41 bits per heavy atom. The van der Waals surface area contributed by atoms with Gasteiger partial charge in [0.25, 0.3) is 5.69 Å². The Morgan fingerprint density at radius 2 is 1.82 bits per heavy atom. The summed E-state index contributed by atoms with van der Waals surface area (Å²) >= 11 is 3.28. The fourth-order valence-corrected chi connectivity index (χ4v) is 1.75. The van der Waals surface area contributed by atoms with Crippen molar-refractivity contribution in [3.05, 3.63) is 62.5 Å². The Morgan fingerprint density at radius 1 is 1.18 bits per heavy atom. The summed E-state index contributed by atoms with van der Waals surface area (Å²) in [5.74, 6) is 0. The van der Waals surface area contributed by atoms with Crippen LogP contribution in [0.4, 0.5) is 5.69 Å². The molecule has 1 aromatic carbocycles. The molecule has 0 aliphatic rings. The van der Waals surface area contributed by atoms with Crippen LogP contribution in [0.1, 0.15) is 0 Å². The van der Waals surface area contributed by atoms with Gasteiger partial charge in [0.1, 0.15) is 5.56 Å². The zero-order valence-electron chi connectivity index (χ0n) is 8.54. The van der Waals surface area contributed by atoms with Gasteiger partial charge in [-0.25, -0.2) is 0 Å². The van der Waals surface area contributed by atoms with Crippen molar-refractivity contribution >= 4 is 21.6 Å². The van der Waals surface area contributed by atoms with Gasteiger partial charge in [0.05, 0.1) is 11.0 Å². The molecule has 0 saturated heterocycles. The highest BCUT2D eigenvalue weighted by molar-refractivity contribution is 9.10. The maximum absolute atomic E-state index is 11.2. The van der Waals surface area contributed by atoms with E-state index in [4.69, 9.17) is 0 Å². The second kappa shape index (κ2) is 4.50. The minimum Gasteiger partial charge on any atom is -0.619 e. The topological polar surface area (TPSA) is 70.1 Å². The monoisotopic (exact) mass is 294 g/mol. The van der Waals surface area contributed by atoms with Gasteiger partial charge in [-0.2, -0.15) is 4.73 Å². The summed E-state index contributed by atoms with van der Waals surface area (Å²) in [6, 6.07) is 8.16. The van der Waals surface area contributed by atoms with Gasteiger partial charge in [-0.1, -0.05) is 28.1 Å². The molecule has 0 spiro atoms. The van der Waals surface area contributed by atoms with Crippen molar-refractivity contribution in [2.45, 2.75) is 0 Å². The molecule has 86 valence electrons. The SMILES string of the molecule is O=[N+]([O-])c1cc[n+]([O-])cc1-c1ccc(Br)cc1. The van der Waals surface area contributed by atoms with Gasteiger partial charge in [-0.3, -0.25) is 10.1 Å². The second-order valence-corrected chi connectivity index (χ2v) is 4.28. The molecule has 2 aromatic rings. The molecule has 0 N–H and O–H groups in total. The first-order valence-electron chi connectivity index (χ1n) is 4.71. The highest BCUT2D eigenvalue weighted by Crippen LogP contribution is 2.28. The minimum absolute atomic E-state index is 0.0839. The third-order valence-corrected chi connectivity index (χ3v) is 2.79. The molecule has 17 heavy (non-hydrogen) atoms. The molecule has 0 saturated carbocycles. The van der Waals surface area contributed by atoms with Crippen LogP contribution < -0.4 is 4.73 Å². The van der Waals surface area contributed by atoms with Crippen LogP contribution in [0.2, 0.25) is 0 Å². The lowest BCUT2D eigenvalue weighted by Crippen LogP contribution is -2.24. The van der Waals surface area contributed by atoms with Gasteiger partial charge in [-0.15, -0.1) is 0 Å². The zero-order valence-corrected chi connectivity index (χ0v) is 10.1. The van der Waals surface area contributed by atoms with E-state index in [2.05, 4.69) is 15.9 Å². The third-order valence-electron chi connectivity index (χ3n) is 2.26. The lowest BCUT2D eigenvalue weighted by atomic mass is 10.1. The van der Waals surface area contributed by atoms with Gasteiger partial charge in [0.15, 0.2) is 12.4 Å². The number of halogens is 1. The van der Waals surface area contributed by atoms with Crippen molar-refractivity contribution in [3.63, 3.8) is 0 Å². The van der Waals surface area contributed by atoms with Crippen LogP contribution in [0.25, 0.3) is 11.1 Å². The summed E-state index contributed by atoms with van der Waals surface area (Å²) < 4.78 is 1.42. The van der Waals surface area contributed by atoms with Gasteiger partial charge in [-0.05, 0) is 17.7 Å². The van der Waals surface area contributed by atoms with E-state index in [0.29, 0.717) is 15.9 Å². The largest absolute Gasteiger partial charge is 0.619 e. The second-order valence-electron chi connectivity index (χ2n) is 3.37. The standard InChI is InChI=1S/C11H7BrN2O3/c12-9-3-1-8(2-4-9)10-7-13(15)6-5-11(10)14(16)17/h1-7H. The normalized spacial score (nSPS) is 10.2. The Hall–Kier alpha value is -1.95. The van der Waals surface area contributed by atoms with Gasteiger partial charge < -0.3 is 5.21 Å². The van der Waals surface area contributed by atoms with Crippen molar-refractivity contribution in [2.24, 2.45) is 0 Å². The summed E-state index contributed by atoms with van der Waals surface area (Å²) in [6.45, 7) is 0. The summed E-state index contributed by atoms with van der Waals surface area (Å²) in [7, 11) is 0. The van der Waals surface area contributed by atoms with Crippen molar-refractivity contribution in [1.82, 2.24) is 0 Å². The van der Waals surface area contributed by atoms with E-state index in [-0.39, 0.29) is 5.69 Å².